The molecule has 0 aromatic heterocycles. The van der Waals surface area contributed by atoms with Crippen LogP contribution in [0.4, 0.5) is 11.4 Å². The number of carboxylic acids is 1. The average molecular weight is 533 g/mol. The van der Waals surface area contributed by atoms with Gasteiger partial charge in [0.1, 0.15) is 18.3 Å². The Labute approximate surface area is 228 Å². The summed E-state index contributed by atoms with van der Waals surface area (Å²) in [4.78, 5) is 30.8. The van der Waals surface area contributed by atoms with Crippen LogP contribution in [-0.2, 0) is 10.2 Å². The van der Waals surface area contributed by atoms with Gasteiger partial charge in [-0.05, 0) is 66.3 Å². The molecule has 2 heterocycles. The van der Waals surface area contributed by atoms with Crippen LogP contribution in [0.1, 0.15) is 73.6 Å². The Morgan fingerprint density at radius 1 is 1.08 bits per heavy atom. The summed E-state index contributed by atoms with van der Waals surface area (Å²) in [6.45, 7) is 11.8. The number of carbonyl (C=O) groups is 2. The van der Waals surface area contributed by atoms with Crippen LogP contribution < -0.4 is 14.5 Å². The Kier molecular flexibility index (Phi) is 6.64. The van der Waals surface area contributed by atoms with E-state index in [0.29, 0.717) is 28.4 Å². The molecule has 1 N–H and O–H groups in total. The molecule has 38 heavy (non-hydrogen) atoms. The molecule has 3 aromatic carbocycles. The number of nitrogens with zero attached hydrogens (tertiary/aromatic N) is 2. The molecule has 0 aliphatic carbocycles. The second-order valence-electron chi connectivity index (χ2n) is 11.3. The third-order valence-electron chi connectivity index (χ3n) is 7.49. The minimum absolute atomic E-state index is 0.185. The van der Waals surface area contributed by atoms with E-state index in [1.165, 1.54) is 0 Å². The van der Waals surface area contributed by atoms with Gasteiger partial charge in [-0.15, -0.1) is 0 Å². The van der Waals surface area contributed by atoms with Crippen molar-refractivity contribution in [1.82, 2.24) is 0 Å². The normalized spacial score (nSPS) is 19.2. The fourth-order valence-electron chi connectivity index (χ4n) is 5.66. The third kappa shape index (κ3) is 4.41. The van der Waals surface area contributed by atoms with Crippen molar-refractivity contribution in [3.63, 3.8) is 0 Å². The van der Waals surface area contributed by atoms with Crippen LogP contribution in [0.3, 0.4) is 0 Å². The largest absolute Gasteiger partial charge is 0.490 e. The van der Waals surface area contributed by atoms with Crippen molar-refractivity contribution in [2.45, 2.75) is 58.0 Å². The Hall–Kier alpha value is -3.51. The molecule has 7 heteroatoms. The number of halogens is 1. The zero-order valence-corrected chi connectivity index (χ0v) is 23.1. The number of ether oxygens (including phenoxy) is 1. The number of rotatable bonds is 4. The van der Waals surface area contributed by atoms with Crippen molar-refractivity contribution in [3.05, 3.63) is 87.9 Å². The minimum atomic E-state index is -0.993. The minimum Gasteiger partial charge on any atom is -0.490 e. The second-order valence-corrected chi connectivity index (χ2v) is 11.7. The maximum absolute atomic E-state index is 14.1. The van der Waals surface area contributed by atoms with Crippen LogP contribution in [0.15, 0.2) is 60.7 Å². The van der Waals surface area contributed by atoms with Gasteiger partial charge in [-0.3, -0.25) is 14.5 Å². The zero-order valence-electron chi connectivity index (χ0n) is 22.4. The van der Waals surface area contributed by atoms with Crippen molar-refractivity contribution in [2.24, 2.45) is 0 Å². The van der Waals surface area contributed by atoms with E-state index in [2.05, 4.69) is 39.5 Å². The van der Waals surface area contributed by atoms with Crippen molar-refractivity contribution in [3.8, 4) is 5.75 Å². The summed E-state index contributed by atoms with van der Waals surface area (Å²) >= 11 is 6.75. The van der Waals surface area contributed by atoms with Gasteiger partial charge in [-0.25, -0.2) is 0 Å². The first-order valence-corrected chi connectivity index (χ1v) is 13.4. The lowest BCUT2D eigenvalue weighted by atomic mass is 9.79. The van der Waals surface area contributed by atoms with Crippen LogP contribution in [0, 0.1) is 0 Å². The summed E-state index contributed by atoms with van der Waals surface area (Å²) in [7, 11) is 0. The van der Waals surface area contributed by atoms with Gasteiger partial charge in [0.15, 0.2) is 0 Å². The average Bonchev–Trinajstić information content (AvgIpc) is 2.86. The summed E-state index contributed by atoms with van der Waals surface area (Å²) in [6.07, 6.45) is 0. The Morgan fingerprint density at radius 2 is 1.82 bits per heavy atom. The summed E-state index contributed by atoms with van der Waals surface area (Å²) < 4.78 is 5.91. The van der Waals surface area contributed by atoms with Gasteiger partial charge in [-0.1, -0.05) is 62.7 Å². The van der Waals surface area contributed by atoms with Crippen molar-refractivity contribution >= 4 is 34.9 Å². The molecule has 2 aliphatic rings. The van der Waals surface area contributed by atoms with E-state index in [-0.39, 0.29) is 17.4 Å². The maximum Gasteiger partial charge on any atom is 0.313 e. The first kappa shape index (κ1) is 26.1. The molecule has 0 fully saturated rings. The smallest absolute Gasteiger partial charge is 0.313 e. The molecule has 198 valence electrons. The number of aliphatic carboxylic acids is 1. The highest BCUT2D eigenvalue weighted by atomic mass is 35.5. The van der Waals surface area contributed by atoms with Gasteiger partial charge < -0.3 is 14.7 Å². The fraction of sp³-hybridized carbons (Fsp3) is 0.355. The van der Waals surface area contributed by atoms with E-state index in [9.17, 15) is 14.7 Å². The zero-order chi connectivity index (χ0) is 27.4. The van der Waals surface area contributed by atoms with Gasteiger partial charge in [-0.2, -0.15) is 0 Å². The van der Waals surface area contributed by atoms with E-state index >= 15 is 0 Å². The Bertz CT molecular complexity index is 1410. The predicted octanol–water partition coefficient (Wildman–Crippen LogP) is 6.81. The lowest BCUT2D eigenvalue weighted by molar-refractivity contribution is -0.139. The number of hydrogen-bond donors (Lipinski definition) is 1. The molecule has 2 atom stereocenters. The molecule has 0 saturated heterocycles. The standard InChI is InChI=1S/C31H33ClN2O4/c1-18(2)33-14-15-38-26-13-10-19(16-25(26)33)28-27(30(36)37)21-8-6-7-9-22(21)29(35)34(28)20-11-12-23(24(32)17-20)31(3,4)5/h6-13,16-18,27-28H,14-15H2,1-5H3,(H,36,37)/t27-,28+/m0/s1. The van der Waals surface area contributed by atoms with Crippen molar-refractivity contribution < 1.29 is 19.4 Å². The van der Waals surface area contributed by atoms with Gasteiger partial charge in [0.05, 0.1) is 18.3 Å². The molecule has 0 unspecified atom stereocenters. The lowest BCUT2D eigenvalue weighted by Crippen LogP contribution is -2.45. The van der Waals surface area contributed by atoms with Crippen LogP contribution >= 0.6 is 11.6 Å². The number of fused-ring (bicyclic) bond motifs is 2. The van der Waals surface area contributed by atoms with E-state index in [1.807, 2.05) is 30.3 Å². The van der Waals surface area contributed by atoms with Gasteiger partial charge >= 0.3 is 5.97 Å². The molecular formula is C31H33ClN2O4. The molecule has 6 nitrogen and oxygen atoms in total. The number of amides is 1. The second kappa shape index (κ2) is 9.66. The monoisotopic (exact) mass is 532 g/mol. The molecule has 0 bridgehead atoms. The molecule has 0 spiro atoms. The molecule has 1 amide bonds. The lowest BCUT2D eigenvalue weighted by Gasteiger charge is -2.42. The highest BCUT2D eigenvalue weighted by molar-refractivity contribution is 6.32. The maximum atomic E-state index is 14.1. The van der Waals surface area contributed by atoms with E-state index in [0.717, 1.165) is 29.1 Å². The molecular weight excluding hydrogens is 500 g/mol. The van der Waals surface area contributed by atoms with E-state index in [1.54, 1.807) is 35.2 Å². The summed E-state index contributed by atoms with van der Waals surface area (Å²) in [5.41, 5.74) is 3.86. The summed E-state index contributed by atoms with van der Waals surface area (Å²) in [6, 6.07) is 17.8. The van der Waals surface area contributed by atoms with Crippen molar-refractivity contribution in [2.75, 3.05) is 23.0 Å². The van der Waals surface area contributed by atoms with Crippen molar-refractivity contribution in [1.29, 1.82) is 0 Å². The highest BCUT2D eigenvalue weighted by Gasteiger charge is 2.45. The number of carbonyl (C=O) groups excluding carboxylic acids is 1. The molecule has 2 aliphatic heterocycles. The molecule has 0 saturated carbocycles. The molecule has 5 rings (SSSR count). The predicted molar refractivity (Wildman–Crippen MR) is 151 cm³/mol. The summed E-state index contributed by atoms with van der Waals surface area (Å²) in [5.74, 6) is -1.46. The number of hydrogen-bond acceptors (Lipinski definition) is 4. The first-order chi connectivity index (χ1) is 18.0. The van der Waals surface area contributed by atoms with E-state index in [4.69, 9.17) is 16.3 Å². The molecule has 3 aromatic rings. The van der Waals surface area contributed by atoms with Crippen LogP contribution in [0.5, 0.6) is 5.75 Å². The SMILES string of the molecule is CC(C)N1CCOc2ccc([C@@H]3[C@@H](C(=O)O)c4ccccc4C(=O)N3c3ccc(C(C)(C)C)c(Cl)c3)cc21. The number of anilines is 2. The quantitative estimate of drug-likeness (QED) is 0.399. The van der Waals surface area contributed by atoms with Gasteiger partial charge in [0.25, 0.3) is 5.91 Å². The van der Waals surface area contributed by atoms with Crippen LogP contribution in [0.2, 0.25) is 5.02 Å². The number of benzene rings is 3. The topological polar surface area (TPSA) is 70.1 Å². The Morgan fingerprint density at radius 3 is 2.47 bits per heavy atom. The van der Waals surface area contributed by atoms with Gasteiger partial charge in [0, 0.05) is 22.3 Å². The number of carboxylic acid groups (broad SMARTS) is 1. The molecule has 0 radical (unpaired) electrons. The highest BCUT2D eigenvalue weighted by Crippen LogP contribution is 2.48. The van der Waals surface area contributed by atoms with E-state index < -0.39 is 17.9 Å². The first-order valence-electron chi connectivity index (χ1n) is 13.0. The fourth-order valence-corrected chi connectivity index (χ4v) is 6.12. The van der Waals surface area contributed by atoms with Crippen LogP contribution in [-0.4, -0.2) is 36.2 Å². The Balaban J connectivity index is 1.73. The summed E-state index contributed by atoms with van der Waals surface area (Å²) in [5, 5.41) is 11.1. The van der Waals surface area contributed by atoms with Gasteiger partial charge in [0.2, 0.25) is 0 Å². The van der Waals surface area contributed by atoms with Crippen LogP contribution in [0.25, 0.3) is 0 Å². The third-order valence-corrected chi connectivity index (χ3v) is 7.80.